The molecule has 2 rings (SSSR count). The molecule has 0 amide bonds. The Balaban J connectivity index is 2.34. The summed E-state index contributed by atoms with van der Waals surface area (Å²) < 4.78 is 27.1. The quantitative estimate of drug-likeness (QED) is 0.838. The van der Waals surface area contributed by atoms with Gasteiger partial charge in [-0.25, -0.2) is 8.42 Å². The van der Waals surface area contributed by atoms with Crippen molar-refractivity contribution in [3.05, 3.63) is 24.0 Å². The van der Waals surface area contributed by atoms with Crippen molar-refractivity contribution in [1.82, 2.24) is 9.29 Å². The fourth-order valence-corrected chi connectivity index (χ4v) is 4.20. The van der Waals surface area contributed by atoms with Crippen LogP contribution >= 0.6 is 0 Å². The van der Waals surface area contributed by atoms with E-state index in [1.165, 1.54) is 18.5 Å². The summed E-state index contributed by atoms with van der Waals surface area (Å²) in [4.78, 5) is 4.12. The lowest BCUT2D eigenvalue weighted by Crippen LogP contribution is -2.38. The number of rotatable bonds is 2. The molecule has 0 aliphatic carbocycles. The fraction of sp³-hybridized carbons (Fsp3) is 0.533. The average molecular weight is 308 g/mol. The van der Waals surface area contributed by atoms with Gasteiger partial charge in [0, 0.05) is 30.5 Å². The monoisotopic (exact) mass is 308 g/mol. The largest absolute Gasteiger partial charge is 0.384 e. The molecule has 1 N–H and O–H groups in total. The van der Waals surface area contributed by atoms with Gasteiger partial charge in [0.2, 0.25) is 10.0 Å². The Morgan fingerprint density at radius 1 is 1.38 bits per heavy atom. The van der Waals surface area contributed by atoms with E-state index in [-0.39, 0.29) is 17.5 Å². The first-order chi connectivity index (χ1) is 10.1. The van der Waals surface area contributed by atoms with Gasteiger partial charge in [0.25, 0.3) is 0 Å². The lowest BCUT2D eigenvalue weighted by atomic mass is 10.1. The van der Waals surface area contributed by atoms with Crippen LogP contribution in [0.2, 0.25) is 0 Å². The molecular weight excluding hydrogens is 288 g/mol. The zero-order chi connectivity index (χ0) is 15.3. The zero-order valence-corrected chi connectivity index (χ0v) is 12.9. The molecule has 1 unspecified atom stereocenters. The first kappa shape index (κ1) is 16.0. The number of aromatic nitrogens is 1. The summed E-state index contributed by atoms with van der Waals surface area (Å²) in [6.07, 6.45) is 6.76. The lowest BCUT2D eigenvalue weighted by Gasteiger charge is -2.26. The van der Waals surface area contributed by atoms with Gasteiger partial charge in [-0.1, -0.05) is 24.7 Å². The maximum atomic E-state index is 12.8. The highest BCUT2D eigenvalue weighted by atomic mass is 32.2. The molecule has 1 aliphatic heterocycles. The number of hydrogen-bond donors (Lipinski definition) is 1. The molecule has 5 nitrogen and oxygen atoms in total. The first-order valence-corrected chi connectivity index (χ1v) is 8.56. The molecule has 1 fully saturated rings. The molecule has 1 aromatic rings. The smallest absolute Gasteiger partial charge is 0.244 e. The van der Waals surface area contributed by atoms with E-state index in [4.69, 9.17) is 5.11 Å². The number of aliphatic hydroxyl groups is 1. The summed E-state index contributed by atoms with van der Waals surface area (Å²) in [5.41, 5.74) is 0.493. The highest BCUT2D eigenvalue weighted by molar-refractivity contribution is 7.89. The summed E-state index contributed by atoms with van der Waals surface area (Å²) in [7, 11) is -3.54. The minimum atomic E-state index is -3.54. The third-order valence-electron chi connectivity index (χ3n) is 3.62. The highest BCUT2D eigenvalue weighted by Gasteiger charge is 2.30. The normalized spacial score (nSPS) is 20.4. The number of sulfonamides is 1. The summed E-state index contributed by atoms with van der Waals surface area (Å²) in [5.74, 6) is 5.19. The maximum absolute atomic E-state index is 12.8. The molecule has 0 spiro atoms. The second-order valence-electron chi connectivity index (χ2n) is 5.18. The Kier molecular flexibility index (Phi) is 5.34. The van der Waals surface area contributed by atoms with Crippen LogP contribution in [-0.2, 0) is 10.0 Å². The van der Waals surface area contributed by atoms with Gasteiger partial charge >= 0.3 is 0 Å². The van der Waals surface area contributed by atoms with Crippen molar-refractivity contribution in [3.8, 4) is 11.8 Å². The van der Waals surface area contributed by atoms with Crippen LogP contribution in [-0.4, -0.2) is 42.0 Å². The standard InChI is InChI=1S/C15H20N2O3S/c1-13-6-3-2-4-8-17(13)21(19,20)15-10-14(7-5-9-18)11-16-12-15/h10-13,18H,2-4,6,8-9H2,1H3. The Labute approximate surface area is 126 Å². The number of aliphatic hydroxyl groups excluding tert-OH is 1. The van der Waals surface area contributed by atoms with Crippen molar-refractivity contribution < 1.29 is 13.5 Å². The van der Waals surface area contributed by atoms with Gasteiger partial charge in [-0.15, -0.1) is 0 Å². The Morgan fingerprint density at radius 3 is 2.95 bits per heavy atom. The summed E-state index contributed by atoms with van der Waals surface area (Å²) in [6, 6.07) is 1.52. The Bertz CT molecular complexity index is 646. The molecule has 21 heavy (non-hydrogen) atoms. The molecule has 6 heteroatoms. The van der Waals surface area contributed by atoms with Gasteiger partial charge in [0.05, 0.1) is 0 Å². The van der Waals surface area contributed by atoms with Crippen LogP contribution in [0.25, 0.3) is 0 Å². The Hall–Kier alpha value is -1.42. The zero-order valence-electron chi connectivity index (χ0n) is 12.1. The SMILES string of the molecule is CC1CCCCCN1S(=O)(=O)c1cncc(C#CCO)c1. The van der Waals surface area contributed by atoms with Gasteiger partial charge in [0.1, 0.15) is 11.5 Å². The van der Waals surface area contributed by atoms with E-state index in [0.29, 0.717) is 12.1 Å². The van der Waals surface area contributed by atoms with Gasteiger partial charge in [-0.3, -0.25) is 4.98 Å². The van der Waals surface area contributed by atoms with Crippen LogP contribution in [0.3, 0.4) is 0 Å². The van der Waals surface area contributed by atoms with Crippen molar-refractivity contribution in [1.29, 1.82) is 0 Å². The number of pyridine rings is 1. The van der Waals surface area contributed by atoms with Crippen molar-refractivity contribution in [2.24, 2.45) is 0 Å². The van der Waals surface area contributed by atoms with E-state index in [0.717, 1.165) is 25.7 Å². The van der Waals surface area contributed by atoms with Crippen molar-refractivity contribution >= 4 is 10.0 Å². The van der Waals surface area contributed by atoms with Crippen molar-refractivity contribution in [2.45, 2.75) is 43.5 Å². The summed E-state index contributed by atoms with van der Waals surface area (Å²) >= 11 is 0. The predicted octanol–water partition coefficient (Wildman–Crippen LogP) is 1.38. The second-order valence-corrected chi connectivity index (χ2v) is 7.07. The number of hydrogen-bond acceptors (Lipinski definition) is 4. The molecule has 1 aromatic heterocycles. The van der Waals surface area contributed by atoms with Crippen LogP contribution in [0.5, 0.6) is 0 Å². The first-order valence-electron chi connectivity index (χ1n) is 7.12. The molecule has 0 bridgehead atoms. The van der Waals surface area contributed by atoms with Crippen molar-refractivity contribution in [3.63, 3.8) is 0 Å². The molecule has 0 saturated carbocycles. The molecule has 114 valence electrons. The van der Waals surface area contributed by atoms with E-state index in [1.54, 1.807) is 4.31 Å². The topological polar surface area (TPSA) is 70.5 Å². The van der Waals surface area contributed by atoms with E-state index in [1.807, 2.05) is 6.92 Å². The van der Waals surface area contributed by atoms with E-state index >= 15 is 0 Å². The fourth-order valence-electron chi connectivity index (χ4n) is 2.51. The van der Waals surface area contributed by atoms with Gasteiger partial charge in [-0.2, -0.15) is 4.31 Å². The predicted molar refractivity (Wildman–Crippen MR) is 80.0 cm³/mol. The number of nitrogens with zero attached hydrogens (tertiary/aromatic N) is 2. The molecule has 0 radical (unpaired) electrons. The highest BCUT2D eigenvalue weighted by Crippen LogP contribution is 2.24. The second kappa shape index (κ2) is 7.03. The van der Waals surface area contributed by atoms with Crippen LogP contribution in [0.1, 0.15) is 38.2 Å². The maximum Gasteiger partial charge on any atom is 0.244 e. The third-order valence-corrected chi connectivity index (χ3v) is 5.60. The van der Waals surface area contributed by atoms with Crippen LogP contribution in [0.4, 0.5) is 0 Å². The molecule has 1 aliphatic rings. The summed E-state index contributed by atoms with van der Waals surface area (Å²) in [5, 5.41) is 8.71. The molecule has 2 heterocycles. The van der Waals surface area contributed by atoms with E-state index < -0.39 is 10.0 Å². The molecule has 1 atom stereocenters. The van der Waals surface area contributed by atoms with Gasteiger partial charge in [-0.05, 0) is 25.8 Å². The Morgan fingerprint density at radius 2 is 2.19 bits per heavy atom. The summed E-state index contributed by atoms with van der Waals surface area (Å²) in [6.45, 7) is 2.24. The minimum absolute atomic E-state index is 0.00434. The van der Waals surface area contributed by atoms with Crippen LogP contribution < -0.4 is 0 Å². The molecule has 0 aromatic carbocycles. The van der Waals surface area contributed by atoms with Crippen LogP contribution in [0, 0.1) is 11.8 Å². The van der Waals surface area contributed by atoms with Crippen LogP contribution in [0.15, 0.2) is 23.4 Å². The lowest BCUT2D eigenvalue weighted by molar-refractivity contribution is 0.342. The molecular formula is C15H20N2O3S. The average Bonchev–Trinajstić information content (AvgIpc) is 2.70. The van der Waals surface area contributed by atoms with Crippen molar-refractivity contribution in [2.75, 3.05) is 13.2 Å². The van der Waals surface area contributed by atoms with E-state index in [9.17, 15) is 8.42 Å². The third kappa shape index (κ3) is 3.82. The van der Waals surface area contributed by atoms with E-state index in [2.05, 4.69) is 16.8 Å². The van der Waals surface area contributed by atoms with Gasteiger partial charge < -0.3 is 5.11 Å². The van der Waals surface area contributed by atoms with Gasteiger partial charge in [0.15, 0.2) is 0 Å². The minimum Gasteiger partial charge on any atom is -0.384 e. The molecule has 1 saturated heterocycles.